The molecule has 0 radical (unpaired) electrons. The molecule has 0 unspecified atom stereocenters. The molecule has 7 nitrogen and oxygen atoms in total. The van der Waals surface area contributed by atoms with Crippen LogP contribution in [0.3, 0.4) is 0 Å². The van der Waals surface area contributed by atoms with Crippen LogP contribution in [-0.2, 0) is 9.59 Å². The Morgan fingerprint density at radius 2 is 2.04 bits per heavy atom. The van der Waals surface area contributed by atoms with Gasteiger partial charge in [0.2, 0.25) is 5.91 Å². The molecule has 2 atom stereocenters. The lowest BCUT2D eigenvalue weighted by atomic mass is 9.94. The maximum absolute atomic E-state index is 13.9. The molecule has 1 heterocycles. The second-order valence-corrected chi connectivity index (χ2v) is 7.39. The Bertz CT molecular complexity index is 764. The molecule has 8 heteroatoms. The van der Waals surface area contributed by atoms with Crippen molar-refractivity contribution in [3.63, 3.8) is 0 Å². The maximum atomic E-state index is 13.9. The molecular formula is C20H26FN3O4. The summed E-state index contributed by atoms with van der Waals surface area (Å²) in [5.41, 5.74) is 0.581. The van der Waals surface area contributed by atoms with Crippen molar-refractivity contribution in [2.75, 3.05) is 7.11 Å². The largest absolute Gasteiger partial charge is 0.494 e. The summed E-state index contributed by atoms with van der Waals surface area (Å²) in [5.74, 6) is -1.10. The summed E-state index contributed by atoms with van der Waals surface area (Å²) in [7, 11) is 1.38. The van der Waals surface area contributed by atoms with Gasteiger partial charge < -0.3 is 15.4 Å². The molecule has 0 bridgehead atoms. The number of urea groups is 1. The number of halogens is 1. The highest BCUT2D eigenvalue weighted by atomic mass is 19.1. The first-order chi connectivity index (χ1) is 13.4. The van der Waals surface area contributed by atoms with Crippen molar-refractivity contribution >= 4 is 17.8 Å². The van der Waals surface area contributed by atoms with Crippen molar-refractivity contribution in [2.24, 2.45) is 0 Å². The first-order valence-electron chi connectivity index (χ1n) is 9.67. The highest BCUT2D eigenvalue weighted by Crippen LogP contribution is 2.26. The molecule has 2 aliphatic rings. The van der Waals surface area contributed by atoms with Gasteiger partial charge in [-0.05, 0) is 37.5 Å². The summed E-state index contributed by atoms with van der Waals surface area (Å²) >= 11 is 0. The molecule has 2 fully saturated rings. The number of benzene rings is 1. The quantitative estimate of drug-likeness (QED) is 0.730. The Morgan fingerprint density at radius 3 is 2.68 bits per heavy atom. The highest BCUT2D eigenvalue weighted by Gasteiger charge is 2.42. The second kappa shape index (κ2) is 8.58. The molecule has 4 amide bonds. The van der Waals surface area contributed by atoms with Crippen LogP contribution in [0.5, 0.6) is 5.75 Å². The molecule has 0 aromatic heterocycles. The SMILES string of the molecule is COc1ccc([C@H](C)NC(=O)C[C@H]2NC(=O)N(C3CCCCC3)C2=O)cc1F. The Hall–Kier alpha value is -2.64. The van der Waals surface area contributed by atoms with Gasteiger partial charge in [-0.2, -0.15) is 0 Å². The average molecular weight is 391 g/mol. The van der Waals surface area contributed by atoms with Gasteiger partial charge in [-0.3, -0.25) is 14.5 Å². The third-order valence-electron chi connectivity index (χ3n) is 5.43. The molecule has 2 N–H and O–H groups in total. The number of hydrogen-bond acceptors (Lipinski definition) is 4. The fourth-order valence-corrected chi connectivity index (χ4v) is 3.89. The maximum Gasteiger partial charge on any atom is 0.325 e. The number of rotatable bonds is 6. The molecule has 1 saturated carbocycles. The molecule has 152 valence electrons. The van der Waals surface area contributed by atoms with Gasteiger partial charge in [0.25, 0.3) is 5.91 Å². The van der Waals surface area contributed by atoms with Gasteiger partial charge in [0.15, 0.2) is 11.6 Å². The summed E-state index contributed by atoms with van der Waals surface area (Å²) < 4.78 is 18.7. The van der Waals surface area contributed by atoms with E-state index in [0.29, 0.717) is 5.56 Å². The molecule has 3 rings (SSSR count). The number of carbonyl (C=O) groups excluding carboxylic acids is 3. The number of carbonyl (C=O) groups is 3. The van der Waals surface area contributed by atoms with Crippen molar-refractivity contribution in [1.82, 2.24) is 15.5 Å². The van der Waals surface area contributed by atoms with Crippen LogP contribution in [-0.4, -0.2) is 41.9 Å². The first-order valence-corrected chi connectivity index (χ1v) is 9.67. The normalized spacial score (nSPS) is 21.4. The van der Waals surface area contributed by atoms with Gasteiger partial charge in [0.1, 0.15) is 6.04 Å². The van der Waals surface area contributed by atoms with Gasteiger partial charge >= 0.3 is 6.03 Å². The smallest absolute Gasteiger partial charge is 0.325 e. The average Bonchev–Trinajstić information content (AvgIpc) is 2.95. The lowest BCUT2D eigenvalue weighted by Gasteiger charge is -2.28. The third kappa shape index (κ3) is 4.26. The predicted molar refractivity (Wildman–Crippen MR) is 100 cm³/mol. The number of amides is 4. The van der Waals surface area contributed by atoms with Gasteiger partial charge in [-0.1, -0.05) is 25.3 Å². The zero-order chi connectivity index (χ0) is 20.3. The van der Waals surface area contributed by atoms with E-state index in [0.717, 1.165) is 32.1 Å². The van der Waals surface area contributed by atoms with Crippen LogP contribution in [0.15, 0.2) is 18.2 Å². The number of methoxy groups -OCH3 is 1. The molecule has 0 spiro atoms. The second-order valence-electron chi connectivity index (χ2n) is 7.39. The summed E-state index contributed by atoms with van der Waals surface area (Å²) in [6, 6.07) is 2.67. The molecule has 1 saturated heterocycles. The molecular weight excluding hydrogens is 365 g/mol. The van der Waals surface area contributed by atoms with Crippen LogP contribution in [0.2, 0.25) is 0 Å². The number of imide groups is 1. The van der Waals surface area contributed by atoms with Crippen LogP contribution in [0.1, 0.15) is 57.1 Å². The van der Waals surface area contributed by atoms with Gasteiger partial charge in [0, 0.05) is 6.04 Å². The van der Waals surface area contributed by atoms with Crippen molar-refractivity contribution in [3.8, 4) is 5.75 Å². The van der Waals surface area contributed by atoms with Crippen molar-refractivity contribution in [1.29, 1.82) is 0 Å². The summed E-state index contributed by atoms with van der Waals surface area (Å²) in [6.45, 7) is 1.72. The molecule has 1 aromatic rings. The number of hydrogen-bond donors (Lipinski definition) is 2. The lowest BCUT2D eigenvalue weighted by Crippen LogP contribution is -2.42. The summed E-state index contributed by atoms with van der Waals surface area (Å²) in [6.07, 6.45) is 4.62. The van der Waals surface area contributed by atoms with E-state index in [4.69, 9.17) is 4.74 Å². The van der Waals surface area contributed by atoms with Crippen molar-refractivity contribution in [2.45, 2.75) is 63.6 Å². The minimum Gasteiger partial charge on any atom is -0.494 e. The minimum atomic E-state index is -0.853. The molecule has 28 heavy (non-hydrogen) atoms. The van der Waals surface area contributed by atoms with Gasteiger partial charge in [-0.15, -0.1) is 0 Å². The van der Waals surface area contributed by atoms with Crippen LogP contribution in [0.4, 0.5) is 9.18 Å². The third-order valence-corrected chi connectivity index (χ3v) is 5.43. The zero-order valence-electron chi connectivity index (χ0n) is 16.2. The van der Waals surface area contributed by atoms with Crippen molar-refractivity contribution in [3.05, 3.63) is 29.6 Å². The van der Waals surface area contributed by atoms with E-state index in [9.17, 15) is 18.8 Å². The Kier molecular flexibility index (Phi) is 6.16. The van der Waals surface area contributed by atoms with E-state index in [2.05, 4.69) is 10.6 Å². The van der Waals surface area contributed by atoms with Gasteiger partial charge in [-0.25, -0.2) is 9.18 Å². The standard InChI is InChI=1S/C20H26FN3O4/c1-12(13-8-9-17(28-2)15(21)10-13)22-18(25)11-16-19(26)24(20(27)23-16)14-6-4-3-5-7-14/h8-10,12,14,16H,3-7,11H2,1-2H3,(H,22,25)(H,23,27)/t12-,16+/m0/s1. The molecule has 1 aromatic carbocycles. The highest BCUT2D eigenvalue weighted by molar-refractivity contribution is 6.06. The van der Waals surface area contributed by atoms with Crippen LogP contribution in [0.25, 0.3) is 0 Å². The predicted octanol–water partition coefficient (Wildman–Crippen LogP) is 2.65. The summed E-state index contributed by atoms with van der Waals surface area (Å²) in [5, 5.41) is 5.37. The van der Waals surface area contributed by atoms with E-state index in [1.807, 2.05) is 0 Å². The van der Waals surface area contributed by atoms with Crippen LogP contribution in [0, 0.1) is 5.82 Å². The minimum absolute atomic E-state index is 0.0736. The monoisotopic (exact) mass is 391 g/mol. The number of ether oxygens (including phenoxy) is 1. The molecule has 1 aliphatic carbocycles. The first kappa shape index (κ1) is 20.1. The van der Waals surface area contributed by atoms with E-state index in [-0.39, 0.29) is 30.0 Å². The van der Waals surface area contributed by atoms with E-state index < -0.39 is 23.9 Å². The van der Waals surface area contributed by atoms with Gasteiger partial charge in [0.05, 0.1) is 19.6 Å². The number of nitrogens with zero attached hydrogens (tertiary/aromatic N) is 1. The zero-order valence-corrected chi connectivity index (χ0v) is 16.2. The fraction of sp³-hybridized carbons (Fsp3) is 0.550. The topological polar surface area (TPSA) is 87.7 Å². The van der Waals surface area contributed by atoms with Crippen LogP contribution < -0.4 is 15.4 Å². The Labute approximate surface area is 163 Å². The fourth-order valence-electron chi connectivity index (χ4n) is 3.89. The Balaban J connectivity index is 1.57. The van der Waals surface area contributed by atoms with Crippen LogP contribution >= 0.6 is 0 Å². The molecule has 1 aliphatic heterocycles. The number of nitrogens with one attached hydrogen (secondary N) is 2. The Morgan fingerprint density at radius 1 is 1.32 bits per heavy atom. The van der Waals surface area contributed by atoms with E-state index in [1.54, 1.807) is 13.0 Å². The van der Waals surface area contributed by atoms with E-state index >= 15 is 0 Å². The summed E-state index contributed by atoms with van der Waals surface area (Å²) in [4.78, 5) is 38.5. The van der Waals surface area contributed by atoms with Crippen molar-refractivity contribution < 1.29 is 23.5 Å². The van der Waals surface area contributed by atoms with E-state index in [1.165, 1.54) is 24.1 Å². The lowest BCUT2D eigenvalue weighted by molar-refractivity contribution is -0.132.